The molecule has 6 rings (SSSR count). The third-order valence-electron chi connectivity index (χ3n) is 7.88. The largest absolute Gasteiger partial charge is 0.383 e. The normalized spacial score (nSPS) is 11.6. The lowest BCUT2D eigenvalue weighted by molar-refractivity contribution is 0.184. The monoisotopic (exact) mass is 666 g/mol. The van der Waals surface area contributed by atoms with E-state index in [1.165, 1.54) is 6.20 Å². The van der Waals surface area contributed by atoms with Gasteiger partial charge in [0.25, 0.3) is 0 Å². The summed E-state index contributed by atoms with van der Waals surface area (Å²) < 4.78 is 53.7. The van der Waals surface area contributed by atoms with Gasteiger partial charge in [0, 0.05) is 54.6 Å². The van der Waals surface area contributed by atoms with E-state index in [9.17, 15) is 22.8 Å². The zero-order chi connectivity index (χ0) is 33.4. The number of hydrogen-bond acceptors (Lipinski definition) is 7. The van der Waals surface area contributed by atoms with Crippen LogP contribution in [0.1, 0.15) is 31.4 Å². The molecule has 0 amide bonds. The maximum Gasteiger partial charge on any atom is 0.359 e. The smallest absolute Gasteiger partial charge is 0.359 e. The fraction of sp³-hybridized carbons (Fsp3) is 0.281. The molecule has 4 heterocycles. The second-order valence-corrected chi connectivity index (χ2v) is 11.3. The summed E-state index contributed by atoms with van der Waals surface area (Å²) in [7, 11) is 1.59. The van der Waals surface area contributed by atoms with Crippen LogP contribution in [0.25, 0.3) is 27.5 Å². The lowest BCUT2D eigenvalue weighted by Gasteiger charge is -2.19. The van der Waals surface area contributed by atoms with Crippen LogP contribution in [0.3, 0.4) is 0 Å². The van der Waals surface area contributed by atoms with E-state index in [-0.39, 0.29) is 22.2 Å². The molecule has 0 aliphatic carbocycles. The number of aromatic nitrogens is 7. The molecule has 4 aromatic heterocycles. The van der Waals surface area contributed by atoms with Gasteiger partial charge in [-0.05, 0) is 36.6 Å². The van der Waals surface area contributed by atoms with Gasteiger partial charge >= 0.3 is 11.4 Å². The maximum atomic E-state index is 15.0. The summed E-state index contributed by atoms with van der Waals surface area (Å²) in [6.45, 7) is 4.82. The molecule has 6 aromatic rings. The van der Waals surface area contributed by atoms with Crippen molar-refractivity contribution in [1.82, 2.24) is 33.4 Å². The van der Waals surface area contributed by atoms with Crippen LogP contribution in [0.4, 0.5) is 24.8 Å². The Labute approximate surface area is 270 Å². The number of benzene rings is 2. The lowest BCUT2D eigenvalue weighted by Crippen LogP contribution is -2.42. The molecule has 0 atom stereocenters. The third-order valence-corrected chi connectivity index (χ3v) is 8.17. The average Bonchev–Trinajstić information content (AvgIpc) is 3.65. The first kappa shape index (κ1) is 32.0. The second-order valence-electron chi connectivity index (χ2n) is 10.9. The summed E-state index contributed by atoms with van der Waals surface area (Å²) in [6.07, 6.45) is 7.88. The first-order valence-corrected chi connectivity index (χ1v) is 15.3. The molecule has 0 unspecified atom stereocenters. The van der Waals surface area contributed by atoms with Gasteiger partial charge in [-0.25, -0.2) is 27.3 Å². The number of methoxy groups -OCH3 is 1. The Morgan fingerprint density at radius 3 is 2.55 bits per heavy atom. The fourth-order valence-corrected chi connectivity index (χ4v) is 5.95. The van der Waals surface area contributed by atoms with Crippen molar-refractivity contribution in [1.29, 1.82) is 0 Å². The predicted octanol–water partition coefficient (Wildman–Crippen LogP) is 5.58. The van der Waals surface area contributed by atoms with E-state index >= 15 is 0 Å². The van der Waals surface area contributed by atoms with E-state index in [0.29, 0.717) is 65.9 Å². The Bertz CT molecular complexity index is 2260. The topological polar surface area (TPSA) is 114 Å². The molecule has 0 fully saturated rings. The Kier molecular flexibility index (Phi) is 8.88. The molecule has 0 aliphatic rings. The molecule has 244 valence electrons. The van der Waals surface area contributed by atoms with Crippen LogP contribution in [0.15, 0.2) is 58.6 Å². The SMILES string of the molecule is CCCn1ccc2cncc(-n3c(=O)nc(Nc4c(Cl)cc5nn(CCOC)cc5c4CC)n(Cc4cc(F)c(F)cc4F)c3=O)c21. The molecule has 0 spiro atoms. The van der Waals surface area contributed by atoms with Gasteiger partial charge in [-0.2, -0.15) is 10.1 Å². The summed E-state index contributed by atoms with van der Waals surface area (Å²) >= 11 is 6.74. The summed E-state index contributed by atoms with van der Waals surface area (Å²) in [4.78, 5) is 36.5. The molecule has 1 N–H and O–H groups in total. The number of aryl methyl sites for hydroxylation is 2. The van der Waals surface area contributed by atoms with Crippen molar-refractivity contribution in [3.05, 3.63) is 104 Å². The third kappa shape index (κ3) is 5.89. The molecule has 2 aromatic carbocycles. The minimum absolute atomic E-state index is 0.159. The van der Waals surface area contributed by atoms with Crippen molar-refractivity contribution < 1.29 is 17.9 Å². The van der Waals surface area contributed by atoms with Gasteiger partial charge in [-0.15, -0.1) is 0 Å². The second kappa shape index (κ2) is 13.0. The lowest BCUT2D eigenvalue weighted by atomic mass is 10.1. The molecule has 15 heteroatoms. The highest BCUT2D eigenvalue weighted by atomic mass is 35.5. The number of fused-ring (bicyclic) bond motifs is 2. The van der Waals surface area contributed by atoms with Crippen molar-refractivity contribution in [2.24, 2.45) is 0 Å². The number of hydrogen-bond donors (Lipinski definition) is 1. The molecular weight excluding hydrogens is 637 g/mol. The molecular formula is C32H30ClF3N8O3. The van der Waals surface area contributed by atoms with Gasteiger partial charge in [-0.3, -0.25) is 14.2 Å². The van der Waals surface area contributed by atoms with Crippen LogP contribution in [-0.4, -0.2) is 47.2 Å². The van der Waals surface area contributed by atoms with Gasteiger partial charge in [0.05, 0.1) is 53.3 Å². The van der Waals surface area contributed by atoms with Crippen LogP contribution < -0.4 is 16.7 Å². The highest BCUT2D eigenvalue weighted by Gasteiger charge is 2.23. The zero-order valence-corrected chi connectivity index (χ0v) is 26.5. The van der Waals surface area contributed by atoms with Crippen LogP contribution >= 0.6 is 11.6 Å². The number of anilines is 2. The molecule has 0 saturated heterocycles. The Hall–Kier alpha value is -4.95. The van der Waals surface area contributed by atoms with E-state index in [1.54, 1.807) is 24.1 Å². The number of ether oxygens (including phenoxy) is 1. The standard InChI is InChI=1S/C32H30ClF3N8O3/c1-4-7-41-8-6-18-14-37-15-27(29(18)41)44-31(45)39-30(43(32(44)46)16-19-11-24(35)25(36)13-23(19)34)38-28-20(5-2)21-17-42(9-10-47-3)40-26(21)12-22(28)33/h6,8,11-15,17H,4-5,7,9-10,16H2,1-3H3,(H,38,39,45). The number of halogens is 4. The Balaban J connectivity index is 1.57. The summed E-state index contributed by atoms with van der Waals surface area (Å²) in [6, 6.07) is 4.51. The summed E-state index contributed by atoms with van der Waals surface area (Å²) in [5, 5.41) is 9.26. The van der Waals surface area contributed by atoms with E-state index in [2.05, 4.69) is 20.4 Å². The molecule has 0 saturated carbocycles. The molecule has 11 nitrogen and oxygen atoms in total. The van der Waals surface area contributed by atoms with E-state index in [0.717, 1.165) is 20.9 Å². The van der Waals surface area contributed by atoms with Gasteiger partial charge in [0.2, 0.25) is 5.95 Å². The van der Waals surface area contributed by atoms with Crippen molar-refractivity contribution in [3.8, 4) is 5.69 Å². The van der Waals surface area contributed by atoms with Gasteiger partial charge in [-0.1, -0.05) is 25.4 Å². The van der Waals surface area contributed by atoms with Crippen molar-refractivity contribution in [3.63, 3.8) is 0 Å². The van der Waals surface area contributed by atoms with Gasteiger partial charge in [0.15, 0.2) is 11.6 Å². The maximum absolute atomic E-state index is 15.0. The summed E-state index contributed by atoms with van der Waals surface area (Å²) in [5.74, 6) is -4.05. The Morgan fingerprint density at radius 2 is 1.81 bits per heavy atom. The molecule has 47 heavy (non-hydrogen) atoms. The van der Waals surface area contributed by atoms with Crippen molar-refractivity contribution in [2.75, 3.05) is 19.0 Å². The van der Waals surface area contributed by atoms with Crippen molar-refractivity contribution in [2.45, 2.75) is 46.3 Å². The highest BCUT2D eigenvalue weighted by molar-refractivity contribution is 6.34. The molecule has 0 bridgehead atoms. The Morgan fingerprint density at radius 1 is 1.02 bits per heavy atom. The van der Waals surface area contributed by atoms with Crippen molar-refractivity contribution >= 4 is 45.0 Å². The van der Waals surface area contributed by atoms with Crippen LogP contribution in [-0.2, 0) is 30.8 Å². The van der Waals surface area contributed by atoms with E-state index < -0.39 is 35.4 Å². The van der Waals surface area contributed by atoms with E-state index in [1.807, 2.05) is 36.9 Å². The number of nitrogens with one attached hydrogen (secondary N) is 1. The number of nitrogens with zero attached hydrogens (tertiary/aromatic N) is 7. The average molecular weight is 667 g/mol. The predicted molar refractivity (Wildman–Crippen MR) is 172 cm³/mol. The quantitative estimate of drug-likeness (QED) is 0.180. The summed E-state index contributed by atoms with van der Waals surface area (Å²) in [5.41, 5.74) is 0.201. The fourth-order valence-electron chi connectivity index (χ4n) is 5.68. The van der Waals surface area contributed by atoms with Crippen LogP contribution in [0, 0.1) is 17.5 Å². The minimum atomic E-state index is -1.38. The van der Waals surface area contributed by atoms with E-state index in [4.69, 9.17) is 16.3 Å². The van der Waals surface area contributed by atoms with Crippen LogP contribution in [0.2, 0.25) is 5.02 Å². The molecule has 0 aliphatic heterocycles. The van der Waals surface area contributed by atoms with Gasteiger partial charge < -0.3 is 14.6 Å². The first-order chi connectivity index (χ1) is 22.6. The first-order valence-electron chi connectivity index (χ1n) is 14.9. The van der Waals surface area contributed by atoms with Crippen LogP contribution in [0.5, 0.6) is 0 Å². The minimum Gasteiger partial charge on any atom is -0.383 e. The number of pyridine rings is 1. The zero-order valence-electron chi connectivity index (χ0n) is 25.7. The number of rotatable bonds is 11. The highest BCUT2D eigenvalue weighted by Crippen LogP contribution is 2.35. The van der Waals surface area contributed by atoms with Gasteiger partial charge in [0.1, 0.15) is 5.82 Å². The molecule has 0 radical (unpaired) electrons.